The Morgan fingerprint density at radius 3 is 2.45 bits per heavy atom. The van der Waals surface area contributed by atoms with Gasteiger partial charge in [-0.3, -0.25) is 0 Å². The number of ether oxygens (including phenoxy) is 3. The zero-order chi connectivity index (χ0) is 27.8. The Bertz CT molecular complexity index is 1510. The van der Waals surface area contributed by atoms with E-state index in [0.717, 1.165) is 22.3 Å². The van der Waals surface area contributed by atoms with Gasteiger partial charge in [0.2, 0.25) is 0 Å². The van der Waals surface area contributed by atoms with Crippen LogP contribution in [0.1, 0.15) is 5.56 Å². The second kappa shape index (κ2) is 11.1. The van der Waals surface area contributed by atoms with Gasteiger partial charge in [0.05, 0.1) is 29.4 Å². The van der Waals surface area contributed by atoms with Crippen LogP contribution < -0.4 is 10.1 Å². The highest BCUT2D eigenvalue weighted by Crippen LogP contribution is 2.33. The first-order valence-corrected chi connectivity index (χ1v) is 13.2. The lowest BCUT2D eigenvalue weighted by Gasteiger charge is -2.15. The number of imidazole rings is 1. The number of aromatic nitrogens is 3. The van der Waals surface area contributed by atoms with Crippen molar-refractivity contribution in [1.29, 1.82) is 0 Å². The Balaban J connectivity index is 1.13. The molecule has 4 heterocycles. The van der Waals surface area contributed by atoms with Gasteiger partial charge in [-0.15, -0.1) is 0 Å². The summed E-state index contributed by atoms with van der Waals surface area (Å²) >= 11 is 6.59. The van der Waals surface area contributed by atoms with Crippen LogP contribution in [0.15, 0.2) is 54.6 Å². The van der Waals surface area contributed by atoms with E-state index in [1.54, 1.807) is 6.07 Å². The standard InChI is InChI=1S/C28H27ClN4O7/c29-18-9-19-26(33-28(31-19)40-22-13-39-24-21(35)12-38-25(22)24)32-23(18)17-7-5-16(6-8-17)15-3-1-14(2-4-15)10-30-11-20(34)27(36)37/h1-9,20-22,24-25,30,34-35H,10-13H2,(H,36,37)(H,31,32,33)/t20?,21-,22-,24?,25-/m1/s1. The number of nitrogens with one attached hydrogen (secondary N) is 2. The molecule has 5 N–H and O–H groups in total. The van der Waals surface area contributed by atoms with Crippen LogP contribution in [0.3, 0.4) is 0 Å². The summed E-state index contributed by atoms with van der Waals surface area (Å²) in [6.45, 7) is 0.942. The van der Waals surface area contributed by atoms with Gasteiger partial charge in [0, 0.05) is 18.7 Å². The summed E-state index contributed by atoms with van der Waals surface area (Å²) in [4.78, 5) is 22.9. The number of carboxylic acid groups (broad SMARTS) is 1. The maximum Gasteiger partial charge on any atom is 0.333 e. The lowest BCUT2D eigenvalue weighted by Crippen LogP contribution is -2.34. The van der Waals surface area contributed by atoms with Crippen molar-refractivity contribution in [2.45, 2.75) is 37.1 Å². The summed E-state index contributed by atoms with van der Waals surface area (Å²) in [5.41, 5.74) is 5.51. The van der Waals surface area contributed by atoms with Gasteiger partial charge in [-0.2, -0.15) is 4.98 Å². The molecule has 0 bridgehead atoms. The third kappa shape index (κ3) is 5.39. The second-order valence-corrected chi connectivity index (χ2v) is 10.2. The van der Waals surface area contributed by atoms with Gasteiger partial charge in [-0.05, 0) is 22.8 Å². The van der Waals surface area contributed by atoms with Crippen LogP contribution in [0, 0.1) is 0 Å². The molecule has 6 rings (SSSR count). The number of H-pyrrole nitrogens is 1. The number of aliphatic hydroxyl groups excluding tert-OH is 2. The number of rotatable bonds is 9. The summed E-state index contributed by atoms with van der Waals surface area (Å²) in [5, 5.41) is 31.4. The molecule has 40 heavy (non-hydrogen) atoms. The number of hydrogen-bond donors (Lipinski definition) is 5. The molecule has 0 amide bonds. The molecule has 2 aromatic heterocycles. The molecule has 0 radical (unpaired) electrons. The fourth-order valence-corrected chi connectivity index (χ4v) is 5.18. The van der Waals surface area contributed by atoms with Gasteiger partial charge in [0.1, 0.15) is 18.3 Å². The minimum atomic E-state index is -1.43. The minimum Gasteiger partial charge on any atom is -0.479 e. The molecule has 4 aromatic rings. The number of carboxylic acids is 1. The quantitative estimate of drug-likeness (QED) is 0.203. The molecule has 0 saturated carbocycles. The Morgan fingerprint density at radius 1 is 1.05 bits per heavy atom. The van der Waals surface area contributed by atoms with Crippen LogP contribution >= 0.6 is 11.6 Å². The lowest BCUT2D eigenvalue weighted by atomic mass is 10.0. The van der Waals surface area contributed by atoms with E-state index in [-0.39, 0.29) is 31.4 Å². The van der Waals surface area contributed by atoms with Gasteiger partial charge >= 0.3 is 5.97 Å². The highest BCUT2D eigenvalue weighted by molar-refractivity contribution is 6.33. The van der Waals surface area contributed by atoms with E-state index in [1.807, 2.05) is 48.5 Å². The number of aliphatic carboxylic acids is 1. The molecule has 208 valence electrons. The number of hydrogen-bond acceptors (Lipinski definition) is 9. The van der Waals surface area contributed by atoms with Gasteiger partial charge in [0.25, 0.3) is 6.01 Å². The van der Waals surface area contributed by atoms with Crippen molar-refractivity contribution in [1.82, 2.24) is 20.3 Å². The zero-order valence-corrected chi connectivity index (χ0v) is 21.9. The number of halogens is 1. The van der Waals surface area contributed by atoms with Crippen molar-refractivity contribution < 1.29 is 34.3 Å². The smallest absolute Gasteiger partial charge is 0.333 e. The van der Waals surface area contributed by atoms with Crippen molar-refractivity contribution >= 4 is 28.7 Å². The zero-order valence-electron chi connectivity index (χ0n) is 21.2. The summed E-state index contributed by atoms with van der Waals surface area (Å²) in [6.07, 6.45) is -3.21. The van der Waals surface area contributed by atoms with Gasteiger partial charge in [-0.1, -0.05) is 60.1 Å². The van der Waals surface area contributed by atoms with Crippen molar-refractivity contribution in [3.8, 4) is 28.4 Å². The molecule has 2 saturated heterocycles. The van der Waals surface area contributed by atoms with Crippen molar-refractivity contribution in [2.24, 2.45) is 0 Å². The average Bonchev–Trinajstić information content (AvgIpc) is 3.65. The predicted molar refractivity (Wildman–Crippen MR) is 145 cm³/mol. The van der Waals surface area contributed by atoms with Crippen LogP contribution in [0.5, 0.6) is 6.01 Å². The Kier molecular flexibility index (Phi) is 7.41. The Hall–Kier alpha value is -3.58. The first-order chi connectivity index (χ1) is 19.4. The number of aliphatic hydroxyl groups is 2. The Labute approximate surface area is 233 Å². The summed E-state index contributed by atoms with van der Waals surface area (Å²) in [7, 11) is 0. The van der Waals surface area contributed by atoms with E-state index in [1.165, 1.54) is 0 Å². The molecular weight excluding hydrogens is 540 g/mol. The molecule has 2 unspecified atom stereocenters. The highest BCUT2D eigenvalue weighted by Gasteiger charge is 2.48. The van der Waals surface area contributed by atoms with Crippen molar-refractivity contribution in [3.63, 3.8) is 0 Å². The summed E-state index contributed by atoms with van der Waals surface area (Å²) < 4.78 is 17.2. The molecule has 2 aromatic carbocycles. The monoisotopic (exact) mass is 566 g/mol. The Morgan fingerprint density at radius 2 is 1.73 bits per heavy atom. The third-order valence-corrected chi connectivity index (χ3v) is 7.34. The van der Waals surface area contributed by atoms with Crippen molar-refractivity contribution in [2.75, 3.05) is 19.8 Å². The molecule has 2 aliphatic rings. The normalized spacial score (nSPS) is 22.9. The molecule has 11 nitrogen and oxygen atoms in total. The fourth-order valence-electron chi connectivity index (χ4n) is 4.92. The first kappa shape index (κ1) is 26.6. The fraction of sp³-hybridized carbons (Fsp3) is 0.321. The average molecular weight is 567 g/mol. The molecule has 2 aliphatic heterocycles. The number of pyridine rings is 1. The largest absolute Gasteiger partial charge is 0.479 e. The van der Waals surface area contributed by atoms with Gasteiger partial charge in [-0.25, -0.2) is 9.78 Å². The van der Waals surface area contributed by atoms with Crippen LogP contribution in [0.2, 0.25) is 5.02 Å². The molecule has 2 fully saturated rings. The molecule has 0 aliphatic carbocycles. The molecule has 12 heteroatoms. The number of aromatic amines is 1. The summed E-state index contributed by atoms with van der Waals surface area (Å²) in [5.74, 6) is -1.25. The third-order valence-electron chi connectivity index (χ3n) is 7.05. The minimum absolute atomic E-state index is 0.0239. The van der Waals surface area contributed by atoms with Crippen LogP contribution in [-0.4, -0.2) is 86.5 Å². The predicted octanol–water partition coefficient (Wildman–Crippen LogP) is 2.39. The topological polar surface area (TPSA) is 159 Å². The van der Waals surface area contributed by atoms with Crippen LogP contribution in [0.25, 0.3) is 33.5 Å². The molecule has 5 atom stereocenters. The maximum absolute atomic E-state index is 10.7. The van der Waals surface area contributed by atoms with Gasteiger partial charge in [0.15, 0.2) is 17.9 Å². The SMILES string of the molecule is O=C(O)C(O)CNCc1ccc(-c2ccc(-c3nc4nc(O[C@@H]5COC6[C@H](O)CO[C@@H]65)[nH]c4cc3Cl)cc2)cc1. The van der Waals surface area contributed by atoms with E-state index < -0.39 is 24.3 Å². The van der Waals surface area contributed by atoms with Crippen molar-refractivity contribution in [3.05, 3.63) is 65.2 Å². The number of nitrogens with zero attached hydrogens (tertiary/aromatic N) is 2. The summed E-state index contributed by atoms with van der Waals surface area (Å²) in [6, 6.07) is 17.8. The van der Waals surface area contributed by atoms with Gasteiger partial charge < -0.3 is 39.8 Å². The first-order valence-electron chi connectivity index (χ1n) is 12.8. The lowest BCUT2D eigenvalue weighted by molar-refractivity contribution is -0.146. The number of carbonyl (C=O) groups is 1. The van der Waals surface area contributed by atoms with E-state index in [2.05, 4.69) is 20.3 Å². The van der Waals surface area contributed by atoms with Crippen LogP contribution in [-0.2, 0) is 20.8 Å². The highest BCUT2D eigenvalue weighted by atomic mass is 35.5. The van der Waals surface area contributed by atoms with E-state index in [0.29, 0.717) is 35.0 Å². The maximum atomic E-state index is 10.7. The molecular formula is C28H27ClN4O7. The van der Waals surface area contributed by atoms with E-state index in [9.17, 15) is 15.0 Å². The van der Waals surface area contributed by atoms with Crippen LogP contribution in [0.4, 0.5) is 0 Å². The number of benzene rings is 2. The molecule has 0 spiro atoms. The number of fused-ring (bicyclic) bond motifs is 2. The second-order valence-electron chi connectivity index (χ2n) is 9.81. The van der Waals surface area contributed by atoms with E-state index in [4.69, 9.17) is 30.9 Å². The van der Waals surface area contributed by atoms with E-state index >= 15 is 0 Å².